The summed E-state index contributed by atoms with van der Waals surface area (Å²) >= 11 is 0. The van der Waals surface area contributed by atoms with E-state index in [1.807, 2.05) is 0 Å². The summed E-state index contributed by atoms with van der Waals surface area (Å²) in [5.74, 6) is 0.360. The van der Waals surface area contributed by atoms with Crippen LogP contribution in [0, 0.1) is 5.82 Å². The summed E-state index contributed by atoms with van der Waals surface area (Å²) in [6, 6.07) is 5.36. The Morgan fingerprint density at radius 2 is 2.06 bits per heavy atom. The van der Waals surface area contributed by atoms with Gasteiger partial charge < -0.3 is 15.4 Å². The number of aliphatic hydroxyl groups is 1. The van der Waals surface area contributed by atoms with Gasteiger partial charge >= 0.3 is 0 Å². The zero-order chi connectivity index (χ0) is 13.1. The predicted octanol–water partition coefficient (Wildman–Crippen LogP) is 1.18. The molecule has 0 amide bonds. The number of halogens is 1. The zero-order valence-electron chi connectivity index (χ0n) is 9.88. The Morgan fingerprint density at radius 1 is 1.39 bits per heavy atom. The van der Waals surface area contributed by atoms with Crippen LogP contribution in [0.15, 0.2) is 28.8 Å². The molecule has 0 spiro atoms. The summed E-state index contributed by atoms with van der Waals surface area (Å²) in [7, 11) is 0. The number of aliphatic hydroxyl groups excluding tert-OH is 1. The summed E-state index contributed by atoms with van der Waals surface area (Å²) in [6.07, 6.45) is -0.333. The standard InChI is InChI=1S/C12H14FN3O2/c1-7(17)11(14)12-15-10(16-18-12)6-8-2-4-9(13)5-3-8/h2-5,7,11,17H,6,14H2,1H3. The Morgan fingerprint density at radius 3 is 2.67 bits per heavy atom. The van der Waals surface area contributed by atoms with E-state index >= 15 is 0 Å². The van der Waals surface area contributed by atoms with Crippen LogP contribution < -0.4 is 5.73 Å². The van der Waals surface area contributed by atoms with Gasteiger partial charge in [-0.3, -0.25) is 0 Å². The first-order valence-electron chi connectivity index (χ1n) is 5.57. The molecule has 5 nitrogen and oxygen atoms in total. The molecule has 0 aliphatic rings. The van der Waals surface area contributed by atoms with E-state index in [0.717, 1.165) is 5.56 Å². The maximum Gasteiger partial charge on any atom is 0.246 e. The Hall–Kier alpha value is -1.79. The fraction of sp³-hybridized carbons (Fsp3) is 0.333. The molecule has 0 saturated carbocycles. The minimum absolute atomic E-state index is 0.196. The molecule has 2 unspecified atom stereocenters. The predicted molar refractivity (Wildman–Crippen MR) is 62.1 cm³/mol. The Balaban J connectivity index is 2.09. The van der Waals surface area contributed by atoms with Crippen molar-refractivity contribution in [2.24, 2.45) is 5.73 Å². The van der Waals surface area contributed by atoms with Crippen LogP contribution in [0.3, 0.4) is 0 Å². The van der Waals surface area contributed by atoms with Gasteiger partial charge in [0.15, 0.2) is 5.82 Å². The number of benzene rings is 1. The number of aromatic nitrogens is 2. The van der Waals surface area contributed by atoms with Gasteiger partial charge in [0.05, 0.1) is 6.10 Å². The quantitative estimate of drug-likeness (QED) is 0.852. The Bertz CT molecular complexity index is 510. The fourth-order valence-corrected chi connectivity index (χ4v) is 1.47. The first kappa shape index (κ1) is 12.7. The van der Waals surface area contributed by atoms with Crippen molar-refractivity contribution in [1.82, 2.24) is 10.1 Å². The van der Waals surface area contributed by atoms with Gasteiger partial charge in [0.2, 0.25) is 5.89 Å². The highest BCUT2D eigenvalue weighted by atomic mass is 19.1. The molecule has 96 valence electrons. The van der Waals surface area contributed by atoms with Crippen molar-refractivity contribution in [2.45, 2.75) is 25.5 Å². The van der Waals surface area contributed by atoms with Crippen LogP contribution in [0.1, 0.15) is 30.2 Å². The number of rotatable bonds is 4. The smallest absolute Gasteiger partial charge is 0.246 e. The van der Waals surface area contributed by atoms with Gasteiger partial charge in [-0.25, -0.2) is 4.39 Å². The molecule has 3 N–H and O–H groups in total. The van der Waals surface area contributed by atoms with E-state index in [2.05, 4.69) is 10.1 Å². The molecule has 2 atom stereocenters. The van der Waals surface area contributed by atoms with Gasteiger partial charge in [0.25, 0.3) is 0 Å². The van der Waals surface area contributed by atoms with Crippen molar-refractivity contribution < 1.29 is 14.0 Å². The van der Waals surface area contributed by atoms with E-state index in [1.54, 1.807) is 19.1 Å². The van der Waals surface area contributed by atoms with Crippen molar-refractivity contribution >= 4 is 0 Å². The largest absolute Gasteiger partial charge is 0.391 e. The minimum atomic E-state index is -0.760. The molecular weight excluding hydrogens is 237 g/mol. The number of nitrogens with zero attached hydrogens (tertiary/aromatic N) is 2. The molecule has 0 aliphatic carbocycles. The first-order valence-corrected chi connectivity index (χ1v) is 5.57. The molecule has 0 fully saturated rings. The molecular formula is C12H14FN3O2. The topological polar surface area (TPSA) is 85.2 Å². The lowest BCUT2D eigenvalue weighted by Gasteiger charge is -2.08. The average Bonchev–Trinajstić information content (AvgIpc) is 2.79. The maximum atomic E-state index is 12.7. The molecule has 1 aromatic heterocycles. The van der Waals surface area contributed by atoms with Crippen molar-refractivity contribution in [3.05, 3.63) is 47.4 Å². The zero-order valence-corrected chi connectivity index (χ0v) is 9.88. The second kappa shape index (κ2) is 5.24. The molecule has 1 aromatic carbocycles. The second-order valence-corrected chi connectivity index (χ2v) is 4.12. The lowest BCUT2D eigenvalue weighted by Crippen LogP contribution is -2.23. The van der Waals surface area contributed by atoms with Crippen molar-refractivity contribution in [3.63, 3.8) is 0 Å². The van der Waals surface area contributed by atoms with E-state index in [4.69, 9.17) is 10.3 Å². The maximum absolute atomic E-state index is 12.7. The summed E-state index contributed by atoms with van der Waals surface area (Å²) < 4.78 is 17.7. The van der Waals surface area contributed by atoms with Crippen molar-refractivity contribution in [1.29, 1.82) is 0 Å². The van der Waals surface area contributed by atoms with E-state index in [-0.39, 0.29) is 11.7 Å². The Kier molecular flexibility index (Phi) is 3.69. The van der Waals surface area contributed by atoms with E-state index < -0.39 is 12.1 Å². The number of nitrogens with two attached hydrogens (primary N) is 1. The Labute approximate surface area is 103 Å². The van der Waals surface area contributed by atoms with Crippen molar-refractivity contribution in [3.8, 4) is 0 Å². The summed E-state index contributed by atoms with van der Waals surface area (Å²) in [5, 5.41) is 13.1. The first-order chi connectivity index (χ1) is 8.56. The SMILES string of the molecule is CC(O)C(N)c1nc(Cc2ccc(F)cc2)no1. The molecule has 6 heteroatoms. The lowest BCUT2D eigenvalue weighted by molar-refractivity contribution is 0.146. The normalized spacial score (nSPS) is 14.4. The highest BCUT2D eigenvalue weighted by Crippen LogP contribution is 2.13. The highest BCUT2D eigenvalue weighted by Gasteiger charge is 2.19. The third-order valence-corrected chi connectivity index (χ3v) is 2.56. The monoisotopic (exact) mass is 251 g/mol. The third kappa shape index (κ3) is 2.91. The van der Waals surface area contributed by atoms with E-state index in [1.165, 1.54) is 12.1 Å². The molecule has 1 heterocycles. The van der Waals surface area contributed by atoms with Crippen LogP contribution in [0.4, 0.5) is 4.39 Å². The number of hydrogen-bond acceptors (Lipinski definition) is 5. The van der Waals surface area contributed by atoms with Crippen molar-refractivity contribution in [2.75, 3.05) is 0 Å². The second-order valence-electron chi connectivity index (χ2n) is 4.12. The molecule has 0 radical (unpaired) electrons. The number of hydrogen-bond donors (Lipinski definition) is 2. The van der Waals surface area contributed by atoms with E-state index in [0.29, 0.717) is 12.2 Å². The van der Waals surface area contributed by atoms with Crippen LogP contribution in [-0.4, -0.2) is 21.4 Å². The third-order valence-electron chi connectivity index (χ3n) is 2.56. The van der Waals surface area contributed by atoms with Gasteiger partial charge in [-0.1, -0.05) is 17.3 Å². The van der Waals surface area contributed by atoms with Gasteiger partial charge in [0, 0.05) is 6.42 Å². The molecule has 0 bridgehead atoms. The molecule has 2 aromatic rings. The minimum Gasteiger partial charge on any atom is -0.391 e. The summed E-state index contributed by atoms with van der Waals surface area (Å²) in [6.45, 7) is 1.55. The fourth-order valence-electron chi connectivity index (χ4n) is 1.47. The summed E-state index contributed by atoms with van der Waals surface area (Å²) in [5.41, 5.74) is 6.54. The van der Waals surface area contributed by atoms with E-state index in [9.17, 15) is 9.50 Å². The van der Waals surface area contributed by atoms with Crippen LogP contribution in [-0.2, 0) is 6.42 Å². The average molecular weight is 251 g/mol. The van der Waals surface area contributed by atoms with Gasteiger partial charge in [-0.2, -0.15) is 4.98 Å². The van der Waals surface area contributed by atoms with Crippen LogP contribution in [0.5, 0.6) is 0 Å². The molecule has 0 aliphatic heterocycles. The summed E-state index contributed by atoms with van der Waals surface area (Å²) in [4.78, 5) is 4.09. The van der Waals surface area contributed by atoms with Gasteiger partial charge in [0.1, 0.15) is 11.9 Å². The van der Waals surface area contributed by atoms with Crippen LogP contribution >= 0.6 is 0 Å². The van der Waals surface area contributed by atoms with Crippen LogP contribution in [0.25, 0.3) is 0 Å². The van der Waals surface area contributed by atoms with Gasteiger partial charge in [-0.15, -0.1) is 0 Å². The molecule has 2 rings (SSSR count). The van der Waals surface area contributed by atoms with Gasteiger partial charge in [-0.05, 0) is 24.6 Å². The highest BCUT2D eigenvalue weighted by molar-refractivity contribution is 5.19. The molecule has 0 saturated heterocycles. The lowest BCUT2D eigenvalue weighted by atomic mass is 10.1. The molecule has 18 heavy (non-hydrogen) atoms. The van der Waals surface area contributed by atoms with Crippen LogP contribution in [0.2, 0.25) is 0 Å².